The fourth-order valence-corrected chi connectivity index (χ4v) is 1.94. The first-order chi connectivity index (χ1) is 11.5. The zero-order valence-electron chi connectivity index (χ0n) is 13.3. The molecule has 1 atom stereocenters. The van der Waals surface area contributed by atoms with E-state index in [1.54, 1.807) is 36.4 Å². The van der Waals surface area contributed by atoms with Crippen LogP contribution in [0.25, 0.3) is 0 Å². The highest BCUT2D eigenvalue weighted by Crippen LogP contribution is 2.17. The lowest BCUT2D eigenvalue weighted by atomic mass is 10.1. The van der Waals surface area contributed by atoms with Gasteiger partial charge < -0.3 is 14.8 Å². The third-order valence-electron chi connectivity index (χ3n) is 3.22. The zero-order chi connectivity index (χ0) is 17.5. The molecule has 6 heteroatoms. The Morgan fingerprint density at radius 1 is 1.17 bits per heavy atom. The van der Waals surface area contributed by atoms with Gasteiger partial charge in [0.05, 0.1) is 24.3 Å². The summed E-state index contributed by atoms with van der Waals surface area (Å²) in [5.74, 6) is -0.529. The van der Waals surface area contributed by atoms with Gasteiger partial charge in [-0.2, -0.15) is 5.26 Å². The van der Waals surface area contributed by atoms with Crippen molar-refractivity contribution in [2.45, 2.75) is 13.0 Å². The van der Waals surface area contributed by atoms with Gasteiger partial charge in [-0.05, 0) is 37.3 Å². The number of nitrogens with one attached hydrogen (secondary N) is 1. The molecule has 1 amide bonds. The second kappa shape index (κ2) is 7.79. The number of methoxy groups -OCH3 is 1. The van der Waals surface area contributed by atoms with Gasteiger partial charge in [0.1, 0.15) is 5.75 Å². The molecule has 6 nitrogen and oxygen atoms in total. The van der Waals surface area contributed by atoms with Gasteiger partial charge in [-0.15, -0.1) is 0 Å². The minimum atomic E-state index is -0.991. The summed E-state index contributed by atoms with van der Waals surface area (Å²) in [6.07, 6.45) is -0.991. The Balaban J connectivity index is 2.00. The summed E-state index contributed by atoms with van der Waals surface area (Å²) in [4.78, 5) is 24.2. The van der Waals surface area contributed by atoms with Crippen molar-refractivity contribution in [3.8, 4) is 11.8 Å². The van der Waals surface area contributed by atoms with E-state index in [1.165, 1.54) is 26.2 Å². The second-order valence-corrected chi connectivity index (χ2v) is 4.96. The van der Waals surface area contributed by atoms with Crippen molar-refractivity contribution in [3.63, 3.8) is 0 Å². The average Bonchev–Trinajstić information content (AvgIpc) is 2.61. The van der Waals surface area contributed by atoms with Crippen LogP contribution >= 0.6 is 0 Å². The second-order valence-electron chi connectivity index (χ2n) is 4.96. The number of ether oxygens (including phenoxy) is 2. The van der Waals surface area contributed by atoms with E-state index in [0.29, 0.717) is 17.0 Å². The van der Waals surface area contributed by atoms with Crippen LogP contribution in [0.1, 0.15) is 22.8 Å². The molecule has 0 aliphatic rings. The molecule has 0 saturated carbocycles. The number of anilines is 1. The van der Waals surface area contributed by atoms with Gasteiger partial charge in [0.25, 0.3) is 5.91 Å². The third kappa shape index (κ3) is 4.34. The first-order valence-corrected chi connectivity index (χ1v) is 7.19. The van der Waals surface area contributed by atoms with Crippen molar-refractivity contribution in [1.82, 2.24) is 0 Å². The first-order valence-electron chi connectivity index (χ1n) is 7.19. The Morgan fingerprint density at radius 2 is 1.92 bits per heavy atom. The molecule has 24 heavy (non-hydrogen) atoms. The van der Waals surface area contributed by atoms with Gasteiger partial charge in [0.2, 0.25) is 0 Å². The van der Waals surface area contributed by atoms with Crippen molar-refractivity contribution < 1.29 is 19.1 Å². The fourth-order valence-electron chi connectivity index (χ4n) is 1.94. The number of amides is 1. The van der Waals surface area contributed by atoms with Crippen LogP contribution in [0.5, 0.6) is 5.75 Å². The minimum absolute atomic E-state index is 0.218. The number of esters is 1. The maximum Gasteiger partial charge on any atom is 0.338 e. The number of carbonyl (C=O) groups is 2. The van der Waals surface area contributed by atoms with E-state index in [4.69, 9.17) is 14.7 Å². The van der Waals surface area contributed by atoms with Crippen LogP contribution < -0.4 is 10.1 Å². The van der Waals surface area contributed by atoms with E-state index in [9.17, 15) is 9.59 Å². The van der Waals surface area contributed by atoms with E-state index < -0.39 is 18.0 Å². The van der Waals surface area contributed by atoms with Crippen LogP contribution in [0, 0.1) is 11.3 Å². The molecule has 0 unspecified atom stereocenters. The van der Waals surface area contributed by atoms with E-state index in [0.717, 1.165) is 0 Å². The minimum Gasteiger partial charge on any atom is -0.497 e. The number of rotatable bonds is 5. The highest BCUT2D eigenvalue weighted by Gasteiger charge is 2.19. The summed E-state index contributed by atoms with van der Waals surface area (Å²) in [5, 5.41) is 11.5. The molecule has 0 saturated heterocycles. The first kappa shape index (κ1) is 17.0. The van der Waals surface area contributed by atoms with Gasteiger partial charge >= 0.3 is 5.97 Å². The molecule has 2 aromatic carbocycles. The van der Waals surface area contributed by atoms with Gasteiger partial charge in [-0.3, -0.25) is 4.79 Å². The van der Waals surface area contributed by atoms with Gasteiger partial charge in [-0.25, -0.2) is 4.79 Å². The topological polar surface area (TPSA) is 88.4 Å². The number of hydrogen-bond donors (Lipinski definition) is 1. The number of hydrogen-bond acceptors (Lipinski definition) is 5. The summed E-state index contributed by atoms with van der Waals surface area (Å²) in [6, 6.07) is 14.9. The molecular weight excluding hydrogens is 308 g/mol. The lowest BCUT2D eigenvalue weighted by Crippen LogP contribution is -2.30. The molecule has 0 aliphatic heterocycles. The smallest absolute Gasteiger partial charge is 0.338 e. The molecule has 122 valence electrons. The van der Waals surface area contributed by atoms with Crippen LogP contribution in [-0.2, 0) is 9.53 Å². The lowest BCUT2D eigenvalue weighted by Gasteiger charge is -2.14. The van der Waals surface area contributed by atoms with Gasteiger partial charge in [0.15, 0.2) is 6.10 Å². The molecule has 0 fully saturated rings. The van der Waals surface area contributed by atoms with Gasteiger partial charge in [0, 0.05) is 11.8 Å². The van der Waals surface area contributed by atoms with Crippen LogP contribution in [0.2, 0.25) is 0 Å². The summed E-state index contributed by atoms with van der Waals surface area (Å²) in [5.41, 5.74) is 1.10. The molecule has 0 radical (unpaired) electrons. The molecule has 0 spiro atoms. The largest absolute Gasteiger partial charge is 0.497 e. The predicted molar refractivity (Wildman–Crippen MR) is 87.7 cm³/mol. The Kier molecular flexibility index (Phi) is 5.53. The molecule has 0 bridgehead atoms. The van der Waals surface area contributed by atoms with Crippen molar-refractivity contribution >= 4 is 17.6 Å². The molecule has 2 rings (SSSR count). The average molecular weight is 324 g/mol. The summed E-state index contributed by atoms with van der Waals surface area (Å²) in [6.45, 7) is 1.47. The number of nitriles is 1. The van der Waals surface area contributed by atoms with Crippen molar-refractivity contribution in [2.75, 3.05) is 12.4 Å². The highest BCUT2D eigenvalue weighted by molar-refractivity contribution is 5.97. The van der Waals surface area contributed by atoms with Crippen molar-refractivity contribution in [1.29, 1.82) is 5.26 Å². The highest BCUT2D eigenvalue weighted by atomic mass is 16.5. The Hall–Kier alpha value is -3.33. The van der Waals surface area contributed by atoms with E-state index in [2.05, 4.69) is 5.32 Å². The van der Waals surface area contributed by atoms with Crippen molar-refractivity contribution in [2.24, 2.45) is 0 Å². The van der Waals surface area contributed by atoms with Gasteiger partial charge in [-0.1, -0.05) is 12.1 Å². The molecule has 0 aliphatic carbocycles. The maximum atomic E-state index is 12.1. The summed E-state index contributed by atoms with van der Waals surface area (Å²) < 4.78 is 10.2. The van der Waals surface area contributed by atoms with Crippen LogP contribution in [0.3, 0.4) is 0 Å². The fraction of sp³-hybridized carbons (Fsp3) is 0.167. The van der Waals surface area contributed by atoms with Crippen molar-refractivity contribution in [3.05, 3.63) is 59.7 Å². The van der Waals surface area contributed by atoms with E-state index >= 15 is 0 Å². The summed E-state index contributed by atoms with van der Waals surface area (Å²) >= 11 is 0. The number of nitrogens with zero attached hydrogens (tertiary/aromatic N) is 1. The van der Waals surface area contributed by atoms with Crippen LogP contribution in [0.15, 0.2) is 48.5 Å². The number of benzene rings is 2. The lowest BCUT2D eigenvalue weighted by molar-refractivity contribution is -0.123. The molecule has 0 aromatic heterocycles. The maximum absolute atomic E-state index is 12.1. The third-order valence-corrected chi connectivity index (χ3v) is 3.22. The zero-order valence-corrected chi connectivity index (χ0v) is 13.3. The Bertz CT molecular complexity index is 796. The SMILES string of the molecule is COc1cccc(NC(=O)[C@H](C)OC(=O)c2cccc(C#N)c2)c1. The normalized spacial score (nSPS) is 11.0. The molecular formula is C18H16N2O4. The van der Waals surface area contributed by atoms with Crippen LogP contribution in [-0.4, -0.2) is 25.1 Å². The molecule has 1 N–H and O–H groups in total. The van der Waals surface area contributed by atoms with E-state index in [1.807, 2.05) is 6.07 Å². The Labute approximate surface area is 139 Å². The van der Waals surface area contributed by atoms with Crippen LogP contribution in [0.4, 0.5) is 5.69 Å². The van der Waals surface area contributed by atoms with E-state index in [-0.39, 0.29) is 5.56 Å². The quantitative estimate of drug-likeness (QED) is 0.854. The Morgan fingerprint density at radius 3 is 2.62 bits per heavy atom. The predicted octanol–water partition coefficient (Wildman–Crippen LogP) is 2.75. The molecule has 2 aromatic rings. The number of carbonyl (C=O) groups excluding carboxylic acids is 2. The monoisotopic (exact) mass is 324 g/mol. The summed E-state index contributed by atoms with van der Waals surface area (Å²) in [7, 11) is 1.53. The standard InChI is InChI=1S/C18H16N2O4/c1-12(17(21)20-15-7-4-8-16(10-15)23-2)24-18(22)14-6-3-5-13(9-14)11-19/h3-10,12H,1-2H3,(H,20,21)/t12-/m0/s1. The molecule has 0 heterocycles.